The molecule has 2 unspecified atom stereocenters. The molecule has 0 radical (unpaired) electrons. The largest absolute Gasteiger partial charge is 0.352 e. The molecule has 2 aliphatic rings. The van der Waals surface area contributed by atoms with E-state index < -0.39 is 0 Å². The fourth-order valence-electron chi connectivity index (χ4n) is 3.99. The SMILES string of the molecule is Cl.NC1C2CCCC1CC(C(=O)NCc1ccc(Br)cc1Cl)C2. The van der Waals surface area contributed by atoms with Crippen LogP contribution in [0.3, 0.4) is 0 Å². The van der Waals surface area contributed by atoms with Crippen molar-refractivity contribution in [1.29, 1.82) is 0 Å². The summed E-state index contributed by atoms with van der Waals surface area (Å²) in [5.41, 5.74) is 7.24. The van der Waals surface area contributed by atoms with Crippen molar-refractivity contribution in [3.05, 3.63) is 33.3 Å². The van der Waals surface area contributed by atoms with Gasteiger partial charge in [0.05, 0.1) is 0 Å². The number of benzene rings is 1. The first kappa shape index (κ1) is 19.0. The molecule has 2 bridgehead atoms. The van der Waals surface area contributed by atoms with Gasteiger partial charge in [-0.25, -0.2) is 0 Å². The first-order valence-electron chi connectivity index (χ1n) is 8.02. The zero-order valence-electron chi connectivity index (χ0n) is 12.9. The van der Waals surface area contributed by atoms with Gasteiger partial charge in [-0.1, -0.05) is 40.0 Å². The van der Waals surface area contributed by atoms with E-state index >= 15 is 0 Å². The van der Waals surface area contributed by atoms with Gasteiger partial charge in [-0.15, -0.1) is 12.4 Å². The van der Waals surface area contributed by atoms with Crippen LogP contribution in [-0.4, -0.2) is 11.9 Å². The van der Waals surface area contributed by atoms with Gasteiger partial charge in [0, 0.05) is 28.0 Å². The lowest BCUT2D eigenvalue weighted by Gasteiger charge is -2.43. The third kappa shape index (κ3) is 4.41. The first-order valence-corrected chi connectivity index (χ1v) is 9.19. The number of carbonyl (C=O) groups is 1. The van der Waals surface area contributed by atoms with E-state index in [9.17, 15) is 4.79 Å². The second-order valence-electron chi connectivity index (χ2n) is 6.65. The van der Waals surface area contributed by atoms with Crippen LogP contribution in [0.25, 0.3) is 0 Å². The second kappa shape index (κ2) is 8.19. The van der Waals surface area contributed by atoms with E-state index in [4.69, 9.17) is 17.3 Å². The lowest BCUT2D eigenvalue weighted by molar-refractivity contribution is -0.128. The molecule has 1 aromatic carbocycles. The molecule has 1 aromatic rings. The van der Waals surface area contributed by atoms with Crippen molar-refractivity contribution in [2.24, 2.45) is 23.5 Å². The van der Waals surface area contributed by atoms with Gasteiger partial charge < -0.3 is 11.1 Å². The summed E-state index contributed by atoms with van der Waals surface area (Å²) in [5.74, 6) is 1.33. The molecule has 3 rings (SSSR count). The summed E-state index contributed by atoms with van der Waals surface area (Å²) in [6.45, 7) is 0.489. The fraction of sp³-hybridized carbons (Fsp3) is 0.588. The minimum absolute atomic E-state index is 0. The number of carbonyl (C=O) groups excluding carboxylic acids is 1. The van der Waals surface area contributed by atoms with E-state index in [1.165, 1.54) is 19.3 Å². The Labute approximate surface area is 157 Å². The Balaban J connectivity index is 0.00000192. The zero-order valence-corrected chi connectivity index (χ0v) is 16.1. The summed E-state index contributed by atoms with van der Waals surface area (Å²) in [6.07, 6.45) is 5.51. The number of nitrogens with two attached hydrogens (primary N) is 1. The van der Waals surface area contributed by atoms with Gasteiger partial charge in [-0.05, 0) is 55.2 Å². The first-order chi connectivity index (χ1) is 10.5. The maximum absolute atomic E-state index is 12.5. The molecule has 3 nitrogen and oxygen atoms in total. The smallest absolute Gasteiger partial charge is 0.223 e. The predicted octanol–water partition coefficient (Wildman–Crippen LogP) is 4.29. The molecule has 0 saturated heterocycles. The Kier molecular flexibility index (Phi) is 6.78. The molecular formula is C17H23BrCl2N2O. The highest BCUT2D eigenvalue weighted by molar-refractivity contribution is 9.10. The summed E-state index contributed by atoms with van der Waals surface area (Å²) in [5, 5.41) is 3.73. The molecule has 2 aliphatic carbocycles. The third-order valence-corrected chi connectivity index (χ3v) is 6.10. The number of hydrogen-bond acceptors (Lipinski definition) is 2. The van der Waals surface area contributed by atoms with E-state index in [1.807, 2.05) is 18.2 Å². The second-order valence-corrected chi connectivity index (χ2v) is 7.97. The van der Waals surface area contributed by atoms with Crippen molar-refractivity contribution in [2.75, 3.05) is 0 Å². The standard InChI is InChI=1S/C17H22BrClN2O.ClH/c18-14-5-4-12(15(19)8-14)9-21-17(22)13-6-10-2-1-3-11(7-13)16(10)20;/h4-5,8,10-11,13,16H,1-3,6-7,9,20H2,(H,21,22);1H. The van der Waals surface area contributed by atoms with Crippen LogP contribution >= 0.6 is 39.9 Å². The Hall–Kier alpha value is -0.290. The third-order valence-electron chi connectivity index (χ3n) is 5.25. The molecule has 128 valence electrons. The summed E-state index contributed by atoms with van der Waals surface area (Å²) >= 11 is 9.59. The molecule has 1 amide bonds. The van der Waals surface area contributed by atoms with Gasteiger partial charge in [0.15, 0.2) is 0 Å². The molecule has 23 heavy (non-hydrogen) atoms. The van der Waals surface area contributed by atoms with Crippen LogP contribution in [-0.2, 0) is 11.3 Å². The summed E-state index contributed by atoms with van der Waals surface area (Å²) in [4.78, 5) is 12.5. The Morgan fingerprint density at radius 1 is 1.30 bits per heavy atom. The number of amides is 1. The molecule has 0 spiro atoms. The van der Waals surface area contributed by atoms with Gasteiger partial charge in [0.1, 0.15) is 0 Å². The lowest BCUT2D eigenvalue weighted by Crippen LogP contribution is -2.49. The molecule has 2 saturated carbocycles. The molecule has 3 N–H and O–H groups in total. The molecule has 0 heterocycles. The highest BCUT2D eigenvalue weighted by Crippen LogP contribution is 2.41. The monoisotopic (exact) mass is 420 g/mol. The Morgan fingerprint density at radius 3 is 2.57 bits per heavy atom. The summed E-state index contributed by atoms with van der Waals surface area (Å²) in [7, 11) is 0. The van der Waals surface area contributed by atoms with E-state index in [0.717, 1.165) is 22.9 Å². The van der Waals surface area contributed by atoms with Crippen LogP contribution in [0.2, 0.25) is 5.02 Å². The normalized spacial score (nSPS) is 29.5. The van der Waals surface area contributed by atoms with Crippen molar-refractivity contribution in [3.8, 4) is 0 Å². The molecule has 0 aliphatic heterocycles. The van der Waals surface area contributed by atoms with Gasteiger partial charge in [0.25, 0.3) is 0 Å². The van der Waals surface area contributed by atoms with Gasteiger partial charge in [-0.3, -0.25) is 4.79 Å². The predicted molar refractivity (Wildman–Crippen MR) is 99.8 cm³/mol. The lowest BCUT2D eigenvalue weighted by atomic mass is 9.65. The maximum atomic E-state index is 12.5. The average molecular weight is 422 g/mol. The summed E-state index contributed by atoms with van der Waals surface area (Å²) in [6, 6.07) is 6.04. The Morgan fingerprint density at radius 2 is 1.96 bits per heavy atom. The fourth-order valence-corrected chi connectivity index (χ4v) is 4.74. The van der Waals surface area contributed by atoms with Crippen molar-refractivity contribution in [3.63, 3.8) is 0 Å². The molecule has 0 aromatic heterocycles. The van der Waals surface area contributed by atoms with Crippen LogP contribution in [0.4, 0.5) is 0 Å². The number of fused-ring (bicyclic) bond motifs is 2. The number of hydrogen-bond donors (Lipinski definition) is 2. The minimum atomic E-state index is 0. The van der Waals surface area contributed by atoms with E-state index in [0.29, 0.717) is 29.4 Å². The van der Waals surface area contributed by atoms with Crippen molar-refractivity contribution in [1.82, 2.24) is 5.32 Å². The van der Waals surface area contributed by atoms with E-state index in [2.05, 4.69) is 21.2 Å². The van der Waals surface area contributed by atoms with E-state index in [-0.39, 0.29) is 24.2 Å². The highest BCUT2D eigenvalue weighted by atomic mass is 79.9. The summed E-state index contributed by atoms with van der Waals surface area (Å²) < 4.78 is 0.946. The van der Waals surface area contributed by atoms with Crippen molar-refractivity contribution >= 4 is 45.8 Å². The molecular weight excluding hydrogens is 399 g/mol. The number of halogens is 3. The highest BCUT2D eigenvalue weighted by Gasteiger charge is 2.40. The van der Waals surface area contributed by atoms with Crippen LogP contribution < -0.4 is 11.1 Å². The van der Waals surface area contributed by atoms with Crippen LogP contribution in [0, 0.1) is 17.8 Å². The van der Waals surface area contributed by atoms with Gasteiger partial charge in [0.2, 0.25) is 5.91 Å². The van der Waals surface area contributed by atoms with Gasteiger partial charge in [-0.2, -0.15) is 0 Å². The quantitative estimate of drug-likeness (QED) is 0.764. The zero-order chi connectivity index (χ0) is 15.7. The van der Waals surface area contributed by atoms with Crippen LogP contribution in [0.15, 0.2) is 22.7 Å². The van der Waals surface area contributed by atoms with Gasteiger partial charge >= 0.3 is 0 Å². The van der Waals surface area contributed by atoms with Crippen LogP contribution in [0.5, 0.6) is 0 Å². The number of rotatable bonds is 3. The topological polar surface area (TPSA) is 55.1 Å². The van der Waals surface area contributed by atoms with Crippen molar-refractivity contribution in [2.45, 2.75) is 44.7 Å². The molecule has 2 fully saturated rings. The minimum Gasteiger partial charge on any atom is -0.352 e. The average Bonchev–Trinajstić information content (AvgIpc) is 2.45. The van der Waals surface area contributed by atoms with Crippen LogP contribution in [0.1, 0.15) is 37.7 Å². The van der Waals surface area contributed by atoms with E-state index in [1.54, 1.807) is 0 Å². The maximum Gasteiger partial charge on any atom is 0.223 e. The van der Waals surface area contributed by atoms with Crippen molar-refractivity contribution < 1.29 is 4.79 Å². The Bertz CT molecular complexity index is 556. The molecule has 2 atom stereocenters. The molecule has 6 heteroatoms. The number of nitrogens with one attached hydrogen (secondary N) is 1.